The predicted molar refractivity (Wildman–Crippen MR) is 65.9 cm³/mol. The molecule has 0 aromatic carbocycles. The van der Waals surface area contributed by atoms with E-state index in [1.54, 1.807) is 19.9 Å². The fourth-order valence-electron chi connectivity index (χ4n) is 2.91. The summed E-state index contributed by atoms with van der Waals surface area (Å²) in [5.41, 5.74) is 0.564. The molecule has 5 heteroatoms. The zero-order valence-corrected chi connectivity index (χ0v) is 11.0. The molecule has 2 bridgehead atoms. The number of carbonyl (C=O) groups excluding carboxylic acids is 1. The van der Waals surface area contributed by atoms with E-state index in [0.717, 1.165) is 0 Å². The highest BCUT2D eigenvalue weighted by atomic mass is 16.5. The van der Waals surface area contributed by atoms with Crippen LogP contribution >= 0.6 is 0 Å². The number of carbonyl (C=O) groups is 1. The van der Waals surface area contributed by atoms with E-state index in [9.17, 15) is 15.0 Å². The SMILES string of the molecule is C/C=C(/C)C(=O)O[C@H]1C[C@@H]2C[C@H](O)[C@@H](O)[C@@H]1N2C. The lowest BCUT2D eigenvalue weighted by molar-refractivity contribution is -0.149. The molecule has 0 unspecified atom stereocenters. The molecule has 0 aromatic heterocycles. The molecule has 0 radical (unpaired) electrons. The maximum absolute atomic E-state index is 11.8. The van der Waals surface area contributed by atoms with E-state index in [-0.39, 0.29) is 24.2 Å². The first-order chi connectivity index (χ1) is 8.45. The summed E-state index contributed by atoms with van der Waals surface area (Å²) in [6.45, 7) is 3.49. The van der Waals surface area contributed by atoms with E-state index in [1.165, 1.54) is 0 Å². The third-order valence-corrected chi connectivity index (χ3v) is 4.20. The third-order valence-electron chi connectivity index (χ3n) is 4.20. The van der Waals surface area contributed by atoms with Gasteiger partial charge in [0, 0.05) is 18.0 Å². The number of hydrogen-bond donors (Lipinski definition) is 2. The van der Waals surface area contributed by atoms with Gasteiger partial charge in [-0.15, -0.1) is 0 Å². The van der Waals surface area contributed by atoms with Crippen molar-refractivity contribution >= 4 is 5.97 Å². The van der Waals surface area contributed by atoms with Crippen LogP contribution in [0.25, 0.3) is 0 Å². The van der Waals surface area contributed by atoms with Gasteiger partial charge in [0.25, 0.3) is 0 Å². The molecule has 2 fully saturated rings. The number of fused-ring (bicyclic) bond motifs is 2. The number of allylic oxidation sites excluding steroid dienone is 1. The fourth-order valence-corrected chi connectivity index (χ4v) is 2.91. The summed E-state index contributed by atoms with van der Waals surface area (Å²) >= 11 is 0. The maximum Gasteiger partial charge on any atom is 0.333 e. The Hall–Kier alpha value is -0.910. The Labute approximate surface area is 107 Å². The summed E-state index contributed by atoms with van der Waals surface area (Å²) in [6, 6.07) is -0.121. The van der Waals surface area contributed by atoms with E-state index in [2.05, 4.69) is 0 Å². The van der Waals surface area contributed by atoms with Gasteiger partial charge < -0.3 is 14.9 Å². The molecular weight excluding hydrogens is 234 g/mol. The maximum atomic E-state index is 11.8. The second kappa shape index (κ2) is 4.99. The van der Waals surface area contributed by atoms with Crippen molar-refractivity contribution in [1.82, 2.24) is 4.90 Å². The molecule has 102 valence electrons. The quantitative estimate of drug-likeness (QED) is 0.539. The highest BCUT2D eigenvalue weighted by molar-refractivity contribution is 5.87. The Morgan fingerprint density at radius 2 is 2.06 bits per heavy atom. The monoisotopic (exact) mass is 255 g/mol. The molecule has 0 spiro atoms. The number of ether oxygens (including phenoxy) is 1. The van der Waals surface area contributed by atoms with Gasteiger partial charge in [-0.3, -0.25) is 4.90 Å². The van der Waals surface area contributed by atoms with Crippen molar-refractivity contribution in [2.75, 3.05) is 7.05 Å². The third kappa shape index (κ3) is 2.18. The highest BCUT2D eigenvalue weighted by Gasteiger charge is 2.51. The molecule has 2 heterocycles. The molecule has 0 aromatic rings. The average Bonchev–Trinajstić information content (AvgIpc) is 2.56. The molecule has 2 aliphatic rings. The van der Waals surface area contributed by atoms with E-state index >= 15 is 0 Å². The molecule has 2 aliphatic heterocycles. The van der Waals surface area contributed by atoms with Gasteiger partial charge in [0.15, 0.2) is 0 Å². The lowest BCUT2D eigenvalue weighted by atomic mass is 9.97. The van der Waals surface area contributed by atoms with Crippen LogP contribution in [0.2, 0.25) is 0 Å². The number of hydrogen-bond acceptors (Lipinski definition) is 5. The van der Waals surface area contributed by atoms with Crippen LogP contribution < -0.4 is 0 Å². The van der Waals surface area contributed by atoms with Crippen molar-refractivity contribution in [2.45, 2.75) is 57.1 Å². The van der Waals surface area contributed by atoms with Crippen molar-refractivity contribution in [3.63, 3.8) is 0 Å². The smallest absolute Gasteiger partial charge is 0.333 e. The molecule has 2 N–H and O–H groups in total. The number of piperidine rings is 1. The Balaban J connectivity index is 2.09. The Kier molecular flexibility index (Phi) is 3.75. The van der Waals surface area contributed by atoms with Gasteiger partial charge in [0.05, 0.1) is 18.2 Å². The molecule has 0 saturated carbocycles. The number of nitrogens with zero attached hydrogens (tertiary/aromatic N) is 1. The first kappa shape index (κ1) is 13.5. The van der Waals surface area contributed by atoms with Crippen LogP contribution in [0.3, 0.4) is 0 Å². The van der Waals surface area contributed by atoms with E-state index < -0.39 is 12.2 Å². The first-order valence-electron chi connectivity index (χ1n) is 6.37. The minimum absolute atomic E-state index is 0.178. The van der Waals surface area contributed by atoms with E-state index in [0.29, 0.717) is 18.4 Å². The Bertz CT molecular complexity index is 368. The number of rotatable bonds is 2. The Morgan fingerprint density at radius 3 is 2.67 bits per heavy atom. The van der Waals surface area contributed by atoms with Gasteiger partial charge in [-0.25, -0.2) is 4.79 Å². The van der Waals surface area contributed by atoms with Crippen LogP contribution in [0.4, 0.5) is 0 Å². The van der Waals surface area contributed by atoms with Gasteiger partial charge >= 0.3 is 5.97 Å². The zero-order valence-electron chi connectivity index (χ0n) is 11.0. The second-order valence-electron chi connectivity index (χ2n) is 5.25. The minimum atomic E-state index is -0.850. The molecule has 5 nitrogen and oxygen atoms in total. The normalized spacial score (nSPS) is 40.9. The first-order valence-corrected chi connectivity index (χ1v) is 6.37. The second-order valence-corrected chi connectivity index (χ2v) is 5.25. The summed E-state index contributed by atoms with van der Waals surface area (Å²) in [7, 11) is 1.90. The minimum Gasteiger partial charge on any atom is -0.457 e. The Morgan fingerprint density at radius 1 is 1.39 bits per heavy atom. The molecule has 18 heavy (non-hydrogen) atoms. The van der Waals surface area contributed by atoms with Gasteiger partial charge in [0.1, 0.15) is 6.10 Å². The number of esters is 1. The van der Waals surface area contributed by atoms with E-state index in [4.69, 9.17) is 4.74 Å². The largest absolute Gasteiger partial charge is 0.457 e. The molecular formula is C13H21NO4. The topological polar surface area (TPSA) is 70.0 Å². The van der Waals surface area contributed by atoms with Gasteiger partial charge in [0.2, 0.25) is 0 Å². The number of aliphatic hydroxyl groups excluding tert-OH is 2. The summed E-state index contributed by atoms with van der Waals surface area (Å²) < 4.78 is 5.45. The molecule has 0 aliphatic carbocycles. The van der Waals surface area contributed by atoms with Gasteiger partial charge in [-0.05, 0) is 27.3 Å². The fraction of sp³-hybridized carbons (Fsp3) is 0.769. The van der Waals surface area contributed by atoms with Crippen LogP contribution in [0.15, 0.2) is 11.6 Å². The van der Waals surface area contributed by atoms with Crippen molar-refractivity contribution < 1.29 is 19.7 Å². The molecule has 0 amide bonds. The van der Waals surface area contributed by atoms with Gasteiger partial charge in [-0.2, -0.15) is 0 Å². The van der Waals surface area contributed by atoms with Crippen LogP contribution in [0.5, 0.6) is 0 Å². The van der Waals surface area contributed by atoms with Crippen molar-refractivity contribution in [1.29, 1.82) is 0 Å². The van der Waals surface area contributed by atoms with Gasteiger partial charge in [-0.1, -0.05) is 6.08 Å². The molecule has 2 saturated heterocycles. The highest BCUT2D eigenvalue weighted by Crippen LogP contribution is 2.36. The number of likely N-dealkylation sites (N-methyl/N-ethyl adjacent to an activating group) is 1. The molecule has 2 rings (SSSR count). The van der Waals surface area contributed by atoms with E-state index in [1.807, 2.05) is 11.9 Å². The summed E-state index contributed by atoms with van der Waals surface area (Å²) in [5, 5.41) is 19.8. The molecule has 5 atom stereocenters. The summed E-state index contributed by atoms with van der Waals surface area (Å²) in [4.78, 5) is 13.8. The predicted octanol–water partition coefficient (Wildman–Crippen LogP) is 0.0626. The lowest BCUT2D eigenvalue weighted by Gasteiger charge is -2.38. The number of aliphatic hydroxyl groups is 2. The zero-order chi connectivity index (χ0) is 13.4. The van der Waals surface area contributed by atoms with Crippen molar-refractivity contribution in [2.24, 2.45) is 0 Å². The average molecular weight is 255 g/mol. The van der Waals surface area contributed by atoms with Crippen LogP contribution in [0, 0.1) is 0 Å². The summed E-state index contributed by atoms with van der Waals surface area (Å²) in [6.07, 6.45) is 1.01. The van der Waals surface area contributed by atoms with Crippen molar-refractivity contribution in [3.05, 3.63) is 11.6 Å². The standard InChI is InChI=1S/C13H21NO4/c1-4-7(2)13(17)18-10-6-8-5-9(15)12(16)11(10)14(8)3/h4,8-12,15-16H,5-6H2,1-3H3/b7-4-/t8-,9-,10-,11+,12+/m0/s1. The van der Waals surface area contributed by atoms with Crippen molar-refractivity contribution in [3.8, 4) is 0 Å². The van der Waals surface area contributed by atoms with Crippen LogP contribution in [-0.2, 0) is 9.53 Å². The van der Waals surface area contributed by atoms with Crippen LogP contribution in [-0.4, -0.2) is 58.5 Å². The lowest BCUT2D eigenvalue weighted by Crippen LogP contribution is -2.55. The summed E-state index contributed by atoms with van der Waals surface area (Å²) in [5.74, 6) is -0.342. The van der Waals surface area contributed by atoms with Crippen LogP contribution in [0.1, 0.15) is 26.7 Å².